The number of benzene rings is 1. The molecule has 1 aliphatic carbocycles. The molecule has 2 fully saturated rings. The molecule has 2 aliphatic rings. The third-order valence-corrected chi connectivity index (χ3v) is 5.21. The van der Waals surface area contributed by atoms with Crippen LogP contribution in [0.25, 0.3) is 0 Å². The normalized spacial score (nSPS) is 28.0. The highest BCUT2D eigenvalue weighted by Crippen LogP contribution is 2.28. The average Bonchev–Trinajstić information content (AvgIpc) is 2.58. The second kappa shape index (κ2) is 7.62. The van der Waals surface area contributed by atoms with E-state index in [2.05, 4.69) is 34.9 Å². The predicted molar refractivity (Wildman–Crippen MR) is 89.8 cm³/mol. The second-order valence-electron chi connectivity index (χ2n) is 6.89. The van der Waals surface area contributed by atoms with Gasteiger partial charge in [0.25, 0.3) is 0 Å². The van der Waals surface area contributed by atoms with Crippen LogP contribution in [0.15, 0.2) is 30.3 Å². The van der Waals surface area contributed by atoms with Gasteiger partial charge in [0.15, 0.2) is 0 Å². The van der Waals surface area contributed by atoms with Crippen molar-refractivity contribution in [2.45, 2.75) is 51.0 Å². The van der Waals surface area contributed by atoms with E-state index in [1.54, 1.807) is 0 Å². The predicted octanol–water partition coefficient (Wildman–Crippen LogP) is 2.43. The molecule has 1 heterocycles. The quantitative estimate of drug-likeness (QED) is 0.897. The van der Waals surface area contributed by atoms with Crippen molar-refractivity contribution in [1.29, 1.82) is 0 Å². The summed E-state index contributed by atoms with van der Waals surface area (Å²) in [5.74, 6) is 0.643. The van der Waals surface area contributed by atoms with Crippen molar-refractivity contribution < 1.29 is 9.59 Å². The first-order valence-electron chi connectivity index (χ1n) is 8.83. The molecule has 1 saturated heterocycles. The van der Waals surface area contributed by atoms with Crippen molar-refractivity contribution in [3.05, 3.63) is 35.9 Å². The van der Waals surface area contributed by atoms with Gasteiger partial charge in [-0.3, -0.25) is 9.59 Å². The first kappa shape index (κ1) is 16.0. The van der Waals surface area contributed by atoms with Crippen molar-refractivity contribution >= 4 is 11.8 Å². The highest BCUT2D eigenvalue weighted by atomic mass is 16.2. The topological polar surface area (TPSA) is 58.2 Å². The number of nitrogens with one attached hydrogen (secondary N) is 2. The number of piperidine rings is 1. The summed E-state index contributed by atoms with van der Waals surface area (Å²) in [4.78, 5) is 23.7. The number of carbonyl (C=O) groups excluding carboxylic acids is 2. The van der Waals surface area contributed by atoms with Crippen molar-refractivity contribution in [2.75, 3.05) is 6.54 Å². The van der Waals surface area contributed by atoms with Crippen molar-refractivity contribution in [2.24, 2.45) is 11.8 Å². The van der Waals surface area contributed by atoms with Crippen LogP contribution < -0.4 is 10.6 Å². The van der Waals surface area contributed by atoms with Gasteiger partial charge in [-0.05, 0) is 37.2 Å². The summed E-state index contributed by atoms with van der Waals surface area (Å²) in [6.45, 7) is 0.487. The lowest BCUT2D eigenvalue weighted by Crippen LogP contribution is -2.49. The van der Waals surface area contributed by atoms with Gasteiger partial charge in [-0.1, -0.05) is 43.2 Å². The molecule has 1 saturated carbocycles. The Balaban J connectivity index is 1.58. The van der Waals surface area contributed by atoms with Gasteiger partial charge in [0.1, 0.15) is 0 Å². The lowest BCUT2D eigenvalue weighted by molar-refractivity contribution is -0.129. The van der Waals surface area contributed by atoms with Crippen LogP contribution in [0.4, 0.5) is 0 Å². The average molecular weight is 314 g/mol. The molecule has 3 atom stereocenters. The molecule has 23 heavy (non-hydrogen) atoms. The van der Waals surface area contributed by atoms with Crippen molar-refractivity contribution in [1.82, 2.24) is 10.6 Å². The Morgan fingerprint density at radius 3 is 2.65 bits per heavy atom. The summed E-state index contributed by atoms with van der Waals surface area (Å²) >= 11 is 0. The van der Waals surface area contributed by atoms with Gasteiger partial charge in [-0.15, -0.1) is 0 Å². The molecular weight excluding hydrogens is 288 g/mol. The van der Waals surface area contributed by atoms with E-state index in [0.29, 0.717) is 25.3 Å². The third-order valence-electron chi connectivity index (χ3n) is 5.21. The van der Waals surface area contributed by atoms with Crippen LogP contribution in [-0.2, 0) is 16.0 Å². The zero-order valence-electron chi connectivity index (χ0n) is 13.6. The minimum absolute atomic E-state index is 0.0630. The standard InChI is InChI=1S/C19H26N2O2/c22-18-11-10-16(13-20-18)19(23)21-17-9-5-4-8-15(17)12-14-6-2-1-3-7-14/h1-3,6-7,15-17H,4-5,8-13H2,(H,20,22)(H,21,23). The van der Waals surface area contributed by atoms with Crippen LogP contribution >= 0.6 is 0 Å². The zero-order valence-corrected chi connectivity index (χ0v) is 13.6. The van der Waals surface area contributed by atoms with Gasteiger partial charge in [-0.2, -0.15) is 0 Å². The fourth-order valence-electron chi connectivity index (χ4n) is 3.82. The molecule has 1 aromatic carbocycles. The van der Waals surface area contributed by atoms with Gasteiger partial charge >= 0.3 is 0 Å². The van der Waals surface area contributed by atoms with E-state index in [1.165, 1.54) is 24.8 Å². The highest BCUT2D eigenvalue weighted by molar-refractivity contribution is 5.83. The van der Waals surface area contributed by atoms with Gasteiger partial charge in [0.05, 0.1) is 5.92 Å². The summed E-state index contributed by atoms with van der Waals surface area (Å²) in [6.07, 6.45) is 6.88. The molecule has 124 valence electrons. The number of hydrogen-bond donors (Lipinski definition) is 2. The monoisotopic (exact) mass is 314 g/mol. The smallest absolute Gasteiger partial charge is 0.225 e. The van der Waals surface area contributed by atoms with Crippen molar-refractivity contribution in [3.8, 4) is 0 Å². The lowest BCUT2D eigenvalue weighted by Gasteiger charge is -2.34. The highest BCUT2D eigenvalue weighted by Gasteiger charge is 2.30. The SMILES string of the molecule is O=C1CCC(C(=O)NC2CCCCC2Cc2ccccc2)CN1. The molecule has 0 aromatic heterocycles. The third kappa shape index (κ3) is 4.34. The van der Waals surface area contributed by atoms with Crippen molar-refractivity contribution in [3.63, 3.8) is 0 Å². The van der Waals surface area contributed by atoms with Crippen LogP contribution in [0.3, 0.4) is 0 Å². The van der Waals surface area contributed by atoms with E-state index in [9.17, 15) is 9.59 Å². The van der Waals surface area contributed by atoms with Gasteiger partial charge in [-0.25, -0.2) is 0 Å². The Kier molecular flexibility index (Phi) is 5.31. The van der Waals surface area contributed by atoms with Crippen LogP contribution in [0.1, 0.15) is 44.1 Å². The Labute approximate surface area is 138 Å². The van der Waals surface area contributed by atoms with Gasteiger partial charge in [0.2, 0.25) is 11.8 Å². The first-order valence-corrected chi connectivity index (χ1v) is 8.83. The zero-order chi connectivity index (χ0) is 16.1. The largest absolute Gasteiger partial charge is 0.355 e. The fraction of sp³-hybridized carbons (Fsp3) is 0.579. The van der Waals surface area contributed by atoms with E-state index in [0.717, 1.165) is 12.8 Å². The van der Waals surface area contributed by atoms with Gasteiger partial charge in [0, 0.05) is 19.0 Å². The molecule has 1 aromatic rings. The molecule has 2 N–H and O–H groups in total. The molecule has 3 unspecified atom stereocenters. The number of carbonyl (C=O) groups is 2. The summed E-state index contributed by atoms with van der Waals surface area (Å²) in [5, 5.41) is 6.09. The summed E-state index contributed by atoms with van der Waals surface area (Å²) in [5.41, 5.74) is 1.35. The Morgan fingerprint density at radius 1 is 1.13 bits per heavy atom. The molecule has 4 heteroatoms. The molecular formula is C19H26N2O2. The fourth-order valence-corrected chi connectivity index (χ4v) is 3.82. The van der Waals surface area contributed by atoms with E-state index in [4.69, 9.17) is 0 Å². The summed E-state index contributed by atoms with van der Waals surface area (Å²) < 4.78 is 0. The summed E-state index contributed by atoms with van der Waals surface area (Å²) in [7, 11) is 0. The Morgan fingerprint density at radius 2 is 1.91 bits per heavy atom. The molecule has 3 rings (SSSR count). The minimum atomic E-state index is -0.0630. The maximum absolute atomic E-state index is 12.5. The van der Waals surface area contributed by atoms with Gasteiger partial charge < -0.3 is 10.6 Å². The van der Waals surface area contributed by atoms with E-state index < -0.39 is 0 Å². The molecule has 1 aliphatic heterocycles. The minimum Gasteiger partial charge on any atom is -0.355 e. The Hall–Kier alpha value is -1.84. The maximum Gasteiger partial charge on any atom is 0.225 e. The van der Waals surface area contributed by atoms with Crippen LogP contribution in [0.2, 0.25) is 0 Å². The number of rotatable bonds is 4. The molecule has 4 nitrogen and oxygen atoms in total. The summed E-state index contributed by atoms with van der Waals surface area (Å²) in [6, 6.07) is 10.8. The maximum atomic E-state index is 12.5. The number of amides is 2. The second-order valence-corrected chi connectivity index (χ2v) is 6.89. The first-order chi connectivity index (χ1) is 11.2. The van der Waals surface area contributed by atoms with E-state index in [1.807, 2.05) is 6.07 Å². The molecule has 0 radical (unpaired) electrons. The van der Waals surface area contributed by atoms with Crippen LogP contribution in [0.5, 0.6) is 0 Å². The van der Waals surface area contributed by atoms with E-state index in [-0.39, 0.29) is 23.8 Å². The van der Waals surface area contributed by atoms with E-state index >= 15 is 0 Å². The Bertz CT molecular complexity index is 534. The molecule has 0 spiro atoms. The van der Waals surface area contributed by atoms with Crippen LogP contribution in [0, 0.1) is 11.8 Å². The van der Waals surface area contributed by atoms with Crippen LogP contribution in [-0.4, -0.2) is 24.4 Å². The number of hydrogen-bond acceptors (Lipinski definition) is 2. The lowest BCUT2D eigenvalue weighted by atomic mass is 9.80. The molecule has 2 amide bonds. The molecule has 0 bridgehead atoms.